The van der Waals surface area contributed by atoms with Gasteiger partial charge in [0, 0.05) is 35.4 Å². The number of nitrogen functional groups attached to an aromatic ring is 1. The Labute approximate surface area is 117 Å². The highest BCUT2D eigenvalue weighted by atomic mass is 16.2. The molecular formula is C16H17N3O. The van der Waals surface area contributed by atoms with E-state index in [-0.39, 0.29) is 5.91 Å². The molecule has 0 fully saturated rings. The highest BCUT2D eigenvalue weighted by Crippen LogP contribution is 2.35. The van der Waals surface area contributed by atoms with Crippen LogP contribution in [0.15, 0.2) is 24.3 Å². The van der Waals surface area contributed by atoms with E-state index in [4.69, 9.17) is 5.73 Å². The van der Waals surface area contributed by atoms with Crippen molar-refractivity contribution in [1.82, 2.24) is 4.57 Å². The molecule has 0 atom stereocenters. The first-order valence-electron chi connectivity index (χ1n) is 6.53. The third-order valence-corrected chi connectivity index (χ3v) is 3.83. The van der Waals surface area contributed by atoms with Crippen molar-refractivity contribution in [3.05, 3.63) is 46.8 Å². The van der Waals surface area contributed by atoms with Crippen LogP contribution < -0.4 is 11.1 Å². The van der Waals surface area contributed by atoms with Gasteiger partial charge in [-0.05, 0) is 49.8 Å². The molecule has 1 aromatic heterocycles. The second kappa shape index (κ2) is 4.27. The van der Waals surface area contributed by atoms with E-state index in [0.29, 0.717) is 11.3 Å². The topological polar surface area (TPSA) is 60.0 Å². The van der Waals surface area contributed by atoms with Crippen molar-refractivity contribution in [3.8, 4) is 0 Å². The number of carbonyl (C=O) groups is 1. The largest absolute Gasteiger partial charge is 0.399 e. The van der Waals surface area contributed by atoms with Crippen LogP contribution in [-0.2, 0) is 11.8 Å². The Morgan fingerprint density at radius 1 is 1.25 bits per heavy atom. The van der Waals surface area contributed by atoms with Gasteiger partial charge in [-0.25, -0.2) is 0 Å². The average Bonchev–Trinajstić information content (AvgIpc) is 2.82. The molecule has 20 heavy (non-hydrogen) atoms. The molecule has 1 aromatic carbocycles. The Morgan fingerprint density at radius 2 is 2.00 bits per heavy atom. The predicted molar refractivity (Wildman–Crippen MR) is 82.2 cm³/mol. The molecule has 0 saturated carbocycles. The minimum Gasteiger partial charge on any atom is -0.399 e. The van der Waals surface area contributed by atoms with Gasteiger partial charge in [-0.2, -0.15) is 0 Å². The van der Waals surface area contributed by atoms with Crippen LogP contribution >= 0.6 is 0 Å². The molecule has 2 aromatic rings. The number of nitrogens with zero attached hydrogens (tertiary/aromatic N) is 1. The van der Waals surface area contributed by atoms with Gasteiger partial charge in [0.05, 0.1) is 5.57 Å². The summed E-state index contributed by atoms with van der Waals surface area (Å²) < 4.78 is 2.08. The molecule has 3 N–H and O–H groups in total. The van der Waals surface area contributed by atoms with E-state index in [9.17, 15) is 4.79 Å². The molecule has 102 valence electrons. The zero-order chi connectivity index (χ0) is 14.4. The number of carbonyl (C=O) groups excluding carboxylic acids is 1. The second-order valence-electron chi connectivity index (χ2n) is 5.23. The van der Waals surface area contributed by atoms with Crippen molar-refractivity contribution < 1.29 is 4.79 Å². The summed E-state index contributed by atoms with van der Waals surface area (Å²) in [6, 6.07) is 7.58. The van der Waals surface area contributed by atoms with E-state index in [1.165, 1.54) is 5.69 Å². The number of hydrogen-bond acceptors (Lipinski definition) is 2. The molecule has 0 aliphatic carbocycles. The summed E-state index contributed by atoms with van der Waals surface area (Å²) in [6.07, 6.45) is 1.93. The number of nitrogens with one attached hydrogen (secondary N) is 1. The minimum absolute atomic E-state index is 0.0798. The second-order valence-corrected chi connectivity index (χ2v) is 5.23. The van der Waals surface area contributed by atoms with Crippen LogP contribution in [0, 0.1) is 13.8 Å². The predicted octanol–water partition coefficient (Wildman–Crippen LogP) is 2.72. The van der Waals surface area contributed by atoms with Crippen LogP contribution in [0.5, 0.6) is 0 Å². The summed E-state index contributed by atoms with van der Waals surface area (Å²) in [4.78, 5) is 12.1. The molecule has 3 rings (SSSR count). The quantitative estimate of drug-likeness (QED) is 0.616. The lowest BCUT2D eigenvalue weighted by Crippen LogP contribution is -2.04. The number of hydrogen-bond donors (Lipinski definition) is 2. The van der Waals surface area contributed by atoms with Crippen molar-refractivity contribution >= 4 is 28.9 Å². The summed E-state index contributed by atoms with van der Waals surface area (Å²) in [7, 11) is 2.00. The third-order valence-electron chi connectivity index (χ3n) is 3.83. The van der Waals surface area contributed by atoms with Crippen molar-refractivity contribution in [1.29, 1.82) is 0 Å². The average molecular weight is 267 g/mol. The molecule has 0 bridgehead atoms. The minimum atomic E-state index is -0.0798. The molecule has 1 aliphatic rings. The highest BCUT2D eigenvalue weighted by molar-refractivity contribution is 6.35. The summed E-state index contributed by atoms with van der Waals surface area (Å²) >= 11 is 0. The van der Waals surface area contributed by atoms with Gasteiger partial charge in [0.1, 0.15) is 0 Å². The van der Waals surface area contributed by atoms with E-state index in [0.717, 1.165) is 22.5 Å². The molecule has 0 spiro atoms. The summed E-state index contributed by atoms with van der Waals surface area (Å²) in [5.41, 5.74) is 12.2. The van der Waals surface area contributed by atoms with Crippen molar-refractivity contribution in [2.24, 2.45) is 7.05 Å². The van der Waals surface area contributed by atoms with Crippen LogP contribution in [0.1, 0.15) is 22.5 Å². The Morgan fingerprint density at radius 3 is 2.65 bits per heavy atom. The number of benzene rings is 1. The third kappa shape index (κ3) is 1.81. The molecule has 0 saturated heterocycles. The van der Waals surface area contributed by atoms with Gasteiger partial charge in [-0.15, -0.1) is 0 Å². The fourth-order valence-corrected chi connectivity index (χ4v) is 2.63. The maximum atomic E-state index is 12.1. The van der Waals surface area contributed by atoms with Gasteiger partial charge < -0.3 is 15.6 Å². The van der Waals surface area contributed by atoms with Crippen LogP contribution in [0.2, 0.25) is 0 Å². The molecule has 0 unspecified atom stereocenters. The van der Waals surface area contributed by atoms with Gasteiger partial charge >= 0.3 is 0 Å². The molecule has 0 radical (unpaired) electrons. The van der Waals surface area contributed by atoms with Gasteiger partial charge in [-0.1, -0.05) is 0 Å². The smallest absolute Gasteiger partial charge is 0.256 e. The van der Waals surface area contributed by atoms with Crippen molar-refractivity contribution in [2.45, 2.75) is 13.8 Å². The van der Waals surface area contributed by atoms with E-state index in [2.05, 4.69) is 22.9 Å². The van der Waals surface area contributed by atoms with E-state index in [1.54, 1.807) is 6.07 Å². The van der Waals surface area contributed by atoms with Gasteiger partial charge in [0.2, 0.25) is 0 Å². The maximum Gasteiger partial charge on any atom is 0.256 e. The lowest BCUT2D eigenvalue weighted by atomic mass is 10.0. The number of rotatable bonds is 1. The molecule has 4 nitrogen and oxygen atoms in total. The molecule has 1 aliphatic heterocycles. The maximum absolute atomic E-state index is 12.1. The molecule has 4 heteroatoms. The fourth-order valence-electron chi connectivity index (χ4n) is 2.63. The van der Waals surface area contributed by atoms with Crippen LogP contribution in [0.4, 0.5) is 11.4 Å². The van der Waals surface area contributed by atoms with Gasteiger partial charge in [-0.3, -0.25) is 4.79 Å². The Hall–Kier alpha value is -2.49. The summed E-state index contributed by atoms with van der Waals surface area (Å²) in [6.45, 7) is 4.10. The summed E-state index contributed by atoms with van der Waals surface area (Å²) in [5.74, 6) is -0.0798. The van der Waals surface area contributed by atoms with E-state index in [1.807, 2.05) is 32.2 Å². The Kier molecular flexibility index (Phi) is 2.67. The fraction of sp³-hybridized carbons (Fsp3) is 0.188. The SMILES string of the molecule is Cc1cc(C)n(C)c1/C=C1\C(=O)Nc2ccc(N)cc21. The van der Waals surface area contributed by atoms with Crippen molar-refractivity contribution in [3.63, 3.8) is 0 Å². The number of amides is 1. The van der Waals surface area contributed by atoms with Gasteiger partial charge in [0.25, 0.3) is 5.91 Å². The lowest BCUT2D eigenvalue weighted by molar-refractivity contribution is -0.110. The Bertz CT molecular complexity index is 753. The van der Waals surface area contributed by atoms with Crippen LogP contribution in [0.3, 0.4) is 0 Å². The first-order chi connectivity index (χ1) is 9.47. The monoisotopic (exact) mass is 267 g/mol. The van der Waals surface area contributed by atoms with Crippen LogP contribution in [0.25, 0.3) is 11.6 Å². The number of nitrogens with two attached hydrogens (primary N) is 1. The lowest BCUT2D eigenvalue weighted by Gasteiger charge is -2.04. The van der Waals surface area contributed by atoms with E-state index >= 15 is 0 Å². The number of aryl methyl sites for hydroxylation is 2. The summed E-state index contributed by atoms with van der Waals surface area (Å²) in [5, 5.41) is 2.87. The molecule has 2 heterocycles. The number of anilines is 2. The zero-order valence-corrected chi connectivity index (χ0v) is 11.8. The number of fused-ring (bicyclic) bond motifs is 1. The van der Waals surface area contributed by atoms with Gasteiger partial charge in [0.15, 0.2) is 0 Å². The first kappa shape index (κ1) is 12.5. The zero-order valence-electron chi connectivity index (χ0n) is 11.8. The standard InChI is InChI=1S/C16H17N3O/c1-9-6-10(2)19(3)15(9)8-13-12-7-11(17)4-5-14(12)18-16(13)20/h4-8H,17H2,1-3H3,(H,18,20)/b13-8-. The Balaban J connectivity index is 2.18. The van der Waals surface area contributed by atoms with Crippen molar-refractivity contribution in [2.75, 3.05) is 11.1 Å². The van der Waals surface area contributed by atoms with Crippen LogP contribution in [-0.4, -0.2) is 10.5 Å². The molecule has 1 amide bonds. The molecular weight excluding hydrogens is 250 g/mol. The number of aromatic nitrogens is 1. The normalized spacial score (nSPS) is 15.6. The highest BCUT2D eigenvalue weighted by Gasteiger charge is 2.24. The van der Waals surface area contributed by atoms with E-state index < -0.39 is 0 Å². The first-order valence-corrected chi connectivity index (χ1v) is 6.53.